The molecule has 0 unspecified atom stereocenters. The van der Waals surface area contributed by atoms with Crippen LogP contribution in [0.25, 0.3) is 0 Å². The molecule has 28 heavy (non-hydrogen) atoms. The maximum Gasteiger partial charge on any atom is 0.257 e. The normalized spacial score (nSPS) is 11.1. The fraction of sp³-hybridized carbons (Fsp3) is 0.217. The molecule has 0 saturated carbocycles. The van der Waals surface area contributed by atoms with E-state index in [4.69, 9.17) is 11.6 Å². The van der Waals surface area contributed by atoms with Gasteiger partial charge in [-0.05, 0) is 34.7 Å². The van der Waals surface area contributed by atoms with E-state index in [1.54, 1.807) is 18.5 Å². The first-order valence-corrected chi connectivity index (χ1v) is 9.55. The van der Waals surface area contributed by atoms with E-state index in [1.807, 2.05) is 48.5 Å². The van der Waals surface area contributed by atoms with Crippen LogP contribution in [-0.4, -0.2) is 10.9 Å². The molecule has 3 rings (SSSR count). The Morgan fingerprint density at radius 3 is 2.50 bits per heavy atom. The van der Waals surface area contributed by atoms with Crippen LogP contribution < -0.4 is 10.6 Å². The van der Waals surface area contributed by atoms with Gasteiger partial charge in [-0.25, -0.2) is 0 Å². The van der Waals surface area contributed by atoms with Crippen molar-refractivity contribution in [3.8, 4) is 0 Å². The van der Waals surface area contributed by atoms with E-state index in [9.17, 15) is 4.79 Å². The summed E-state index contributed by atoms with van der Waals surface area (Å²) in [4.78, 5) is 17.0. The molecule has 2 N–H and O–H groups in total. The van der Waals surface area contributed by atoms with Gasteiger partial charge in [0.1, 0.15) is 0 Å². The van der Waals surface area contributed by atoms with Crippen LogP contribution in [0.4, 0.5) is 11.4 Å². The summed E-state index contributed by atoms with van der Waals surface area (Å²) in [7, 11) is 0. The molecule has 0 fully saturated rings. The second kappa shape index (κ2) is 8.44. The van der Waals surface area contributed by atoms with Crippen LogP contribution in [0.15, 0.2) is 67.0 Å². The highest BCUT2D eigenvalue weighted by Gasteiger charge is 2.19. The van der Waals surface area contributed by atoms with Crippen molar-refractivity contribution in [1.29, 1.82) is 0 Å². The molecule has 5 heteroatoms. The topological polar surface area (TPSA) is 54.0 Å². The van der Waals surface area contributed by atoms with Crippen LogP contribution in [0.1, 0.15) is 42.3 Å². The number of para-hydroxylation sites is 1. The van der Waals surface area contributed by atoms with Gasteiger partial charge in [0.15, 0.2) is 0 Å². The van der Waals surface area contributed by atoms with Crippen LogP contribution in [0.3, 0.4) is 0 Å². The van der Waals surface area contributed by atoms with Gasteiger partial charge >= 0.3 is 0 Å². The Kier molecular flexibility index (Phi) is 6.00. The van der Waals surface area contributed by atoms with Gasteiger partial charge in [0, 0.05) is 29.6 Å². The lowest BCUT2D eigenvalue weighted by Crippen LogP contribution is -2.19. The number of hydrogen-bond acceptors (Lipinski definition) is 3. The van der Waals surface area contributed by atoms with Crippen LogP contribution in [-0.2, 0) is 12.0 Å². The van der Waals surface area contributed by atoms with E-state index in [2.05, 4.69) is 36.4 Å². The molecular weight excluding hydrogens is 370 g/mol. The lowest BCUT2D eigenvalue weighted by Gasteiger charge is -2.23. The number of halogens is 1. The van der Waals surface area contributed by atoms with Crippen LogP contribution >= 0.6 is 11.6 Å². The molecule has 1 aromatic heterocycles. The van der Waals surface area contributed by atoms with Crippen LogP contribution in [0.2, 0.25) is 5.02 Å². The Balaban J connectivity index is 1.74. The van der Waals surface area contributed by atoms with E-state index >= 15 is 0 Å². The Morgan fingerprint density at radius 1 is 1.04 bits per heavy atom. The molecule has 3 aromatic rings. The number of benzene rings is 2. The molecule has 0 saturated heterocycles. The van der Waals surface area contributed by atoms with Crippen molar-refractivity contribution < 1.29 is 4.79 Å². The quantitative estimate of drug-likeness (QED) is 0.567. The lowest BCUT2D eigenvalue weighted by molar-refractivity contribution is 0.102. The van der Waals surface area contributed by atoms with E-state index in [0.717, 1.165) is 22.5 Å². The summed E-state index contributed by atoms with van der Waals surface area (Å²) in [6, 6.07) is 17.3. The molecule has 1 amide bonds. The summed E-state index contributed by atoms with van der Waals surface area (Å²) in [5.74, 6) is -0.189. The molecule has 0 aliphatic rings. The maximum atomic E-state index is 12.8. The summed E-state index contributed by atoms with van der Waals surface area (Å²) >= 11 is 6.19. The van der Waals surface area contributed by atoms with Crippen LogP contribution in [0, 0.1) is 0 Å². The first-order valence-electron chi connectivity index (χ1n) is 9.18. The minimum absolute atomic E-state index is 0.0690. The number of anilines is 2. The van der Waals surface area contributed by atoms with Gasteiger partial charge in [0.25, 0.3) is 5.91 Å². The summed E-state index contributed by atoms with van der Waals surface area (Å²) < 4.78 is 0. The third-order valence-corrected chi connectivity index (χ3v) is 4.79. The highest BCUT2D eigenvalue weighted by molar-refractivity contribution is 6.31. The zero-order valence-electron chi connectivity index (χ0n) is 16.3. The molecular formula is C23H24ClN3O. The second-order valence-electron chi connectivity index (χ2n) is 7.66. The van der Waals surface area contributed by atoms with Crippen molar-refractivity contribution in [2.75, 3.05) is 10.6 Å². The zero-order valence-corrected chi connectivity index (χ0v) is 17.0. The predicted molar refractivity (Wildman–Crippen MR) is 116 cm³/mol. The first-order chi connectivity index (χ1) is 13.3. The van der Waals surface area contributed by atoms with Gasteiger partial charge in [-0.1, -0.05) is 68.8 Å². The monoisotopic (exact) mass is 393 g/mol. The number of nitrogens with one attached hydrogen (secondary N) is 2. The molecule has 0 aliphatic carbocycles. The molecule has 0 aliphatic heterocycles. The summed E-state index contributed by atoms with van der Waals surface area (Å²) in [5, 5.41) is 6.99. The van der Waals surface area contributed by atoms with Crippen molar-refractivity contribution >= 4 is 28.9 Å². The number of amides is 1. The Bertz CT molecular complexity index is 979. The minimum atomic E-state index is -0.189. The number of aromatic nitrogens is 1. The van der Waals surface area contributed by atoms with Gasteiger partial charge < -0.3 is 10.6 Å². The SMILES string of the molecule is CC(C)(C)c1ccccc1NC(=O)c1cncc(NCc2ccccc2Cl)c1. The largest absolute Gasteiger partial charge is 0.380 e. The van der Waals surface area contributed by atoms with Gasteiger partial charge in [0.05, 0.1) is 11.3 Å². The lowest BCUT2D eigenvalue weighted by atomic mass is 9.86. The molecule has 2 aromatic carbocycles. The average molecular weight is 394 g/mol. The van der Waals surface area contributed by atoms with E-state index in [0.29, 0.717) is 17.1 Å². The number of nitrogens with zero attached hydrogens (tertiary/aromatic N) is 1. The van der Waals surface area contributed by atoms with Gasteiger partial charge in [-0.2, -0.15) is 0 Å². The summed E-state index contributed by atoms with van der Waals surface area (Å²) in [6.45, 7) is 6.93. The Hall–Kier alpha value is -2.85. The smallest absolute Gasteiger partial charge is 0.257 e. The molecule has 0 spiro atoms. The van der Waals surface area contributed by atoms with Crippen molar-refractivity contribution in [3.63, 3.8) is 0 Å². The number of carbonyl (C=O) groups is 1. The fourth-order valence-electron chi connectivity index (χ4n) is 2.94. The summed E-state index contributed by atoms with van der Waals surface area (Å²) in [5.41, 5.74) is 4.07. The minimum Gasteiger partial charge on any atom is -0.380 e. The van der Waals surface area contributed by atoms with Crippen molar-refractivity contribution in [3.05, 3.63) is 88.7 Å². The van der Waals surface area contributed by atoms with Gasteiger partial charge in [-0.3, -0.25) is 9.78 Å². The van der Waals surface area contributed by atoms with Gasteiger partial charge in [0.2, 0.25) is 0 Å². The van der Waals surface area contributed by atoms with Gasteiger partial charge in [-0.15, -0.1) is 0 Å². The number of carbonyl (C=O) groups excluding carboxylic acids is 1. The van der Waals surface area contributed by atoms with Crippen molar-refractivity contribution in [2.24, 2.45) is 0 Å². The average Bonchev–Trinajstić information content (AvgIpc) is 2.67. The molecule has 144 valence electrons. The standard InChI is InChI=1S/C23H24ClN3O/c1-23(2,3)19-9-5-7-11-21(19)27-22(28)17-12-18(15-25-13-17)26-14-16-8-4-6-10-20(16)24/h4-13,15,26H,14H2,1-3H3,(H,27,28). The van der Waals surface area contributed by atoms with Crippen molar-refractivity contribution in [1.82, 2.24) is 4.98 Å². The maximum absolute atomic E-state index is 12.8. The fourth-order valence-corrected chi connectivity index (χ4v) is 3.14. The number of rotatable bonds is 5. The van der Waals surface area contributed by atoms with Crippen LogP contribution in [0.5, 0.6) is 0 Å². The number of hydrogen-bond donors (Lipinski definition) is 2. The molecule has 4 nitrogen and oxygen atoms in total. The molecule has 1 heterocycles. The van der Waals surface area contributed by atoms with E-state index < -0.39 is 0 Å². The Labute approximate surface area is 171 Å². The third kappa shape index (κ3) is 4.90. The second-order valence-corrected chi connectivity index (χ2v) is 8.06. The molecule has 0 radical (unpaired) electrons. The third-order valence-electron chi connectivity index (χ3n) is 4.42. The highest BCUT2D eigenvalue weighted by Crippen LogP contribution is 2.29. The Morgan fingerprint density at radius 2 is 1.75 bits per heavy atom. The molecule has 0 bridgehead atoms. The predicted octanol–water partition coefficient (Wildman–Crippen LogP) is 5.90. The van der Waals surface area contributed by atoms with Crippen molar-refractivity contribution in [2.45, 2.75) is 32.7 Å². The van der Waals surface area contributed by atoms with E-state index in [1.165, 1.54) is 0 Å². The number of pyridine rings is 1. The zero-order chi connectivity index (χ0) is 20.1. The highest BCUT2D eigenvalue weighted by atomic mass is 35.5. The van der Waals surface area contributed by atoms with E-state index in [-0.39, 0.29) is 11.3 Å². The summed E-state index contributed by atoms with van der Waals surface area (Å²) in [6.07, 6.45) is 3.26. The first kappa shape index (κ1) is 19.9. The molecule has 0 atom stereocenters.